The van der Waals surface area contributed by atoms with Gasteiger partial charge in [-0.3, -0.25) is 4.79 Å². The summed E-state index contributed by atoms with van der Waals surface area (Å²) >= 11 is 1.67. The van der Waals surface area contributed by atoms with Gasteiger partial charge in [0.25, 0.3) is 0 Å². The molecule has 4 aromatic rings. The van der Waals surface area contributed by atoms with E-state index in [1.165, 1.54) is 37.1 Å². The van der Waals surface area contributed by atoms with Gasteiger partial charge in [-0.05, 0) is 47.9 Å². The summed E-state index contributed by atoms with van der Waals surface area (Å²) < 4.78 is 22.7. The minimum Gasteiger partial charge on any atom is -1.00 e. The molecule has 1 heterocycles. The molecule has 4 rings (SSSR count). The summed E-state index contributed by atoms with van der Waals surface area (Å²) in [6.07, 6.45) is 3.15. The van der Waals surface area contributed by atoms with Crippen molar-refractivity contribution in [3.63, 3.8) is 0 Å². The maximum Gasteiger partial charge on any atom is 1.00 e. The predicted molar refractivity (Wildman–Crippen MR) is 136 cm³/mol. The van der Waals surface area contributed by atoms with Crippen LogP contribution in [0.1, 0.15) is 17.3 Å². The molecule has 0 spiro atoms. The third kappa shape index (κ3) is 5.49. The molecule has 0 fully saturated rings. The number of hydrogen-bond donors (Lipinski definition) is 1. The first-order valence-electron chi connectivity index (χ1n) is 10.4. The van der Waals surface area contributed by atoms with Crippen LogP contribution < -0.4 is 48.5 Å². The molecular weight excluding hydrogens is 475 g/mol. The third-order valence-electron chi connectivity index (χ3n) is 5.42. The van der Waals surface area contributed by atoms with Gasteiger partial charge in [0.05, 0.1) is 28.4 Å². The molecule has 0 unspecified atom stereocenters. The number of fused-ring (bicyclic) bond motifs is 1. The maximum atomic E-state index is 12.9. The third-order valence-corrected chi connectivity index (χ3v) is 6.57. The maximum absolute atomic E-state index is 12.9. The molecule has 0 saturated heterocycles. The van der Waals surface area contributed by atoms with Gasteiger partial charge in [-0.25, -0.2) is 0 Å². The largest absolute Gasteiger partial charge is 1.00 e. The van der Waals surface area contributed by atoms with Crippen molar-refractivity contribution in [1.29, 1.82) is 0 Å². The van der Waals surface area contributed by atoms with Gasteiger partial charge in [-0.2, -0.15) is 0 Å². The fourth-order valence-corrected chi connectivity index (χ4v) is 4.74. The van der Waals surface area contributed by atoms with Crippen LogP contribution in [0.15, 0.2) is 60.7 Å². The number of methoxy groups -OCH3 is 4. The number of carbonyl (C=O) groups is 1. The molecule has 0 aliphatic rings. The SMILES string of the molecule is COc1cc(OC)c(-c2cc3ccccc3s2)cc1C=CC(=O)c1cc(OC)c(O)c(OC)c1.[H-].[Na+]. The molecule has 1 N–H and O–H groups in total. The van der Waals surface area contributed by atoms with E-state index in [1.54, 1.807) is 31.6 Å². The molecule has 0 atom stereocenters. The second-order valence-electron chi connectivity index (χ2n) is 7.37. The Morgan fingerprint density at radius 2 is 1.49 bits per heavy atom. The van der Waals surface area contributed by atoms with Crippen LogP contribution in [0.4, 0.5) is 0 Å². The van der Waals surface area contributed by atoms with Crippen LogP contribution in [0.5, 0.6) is 28.7 Å². The van der Waals surface area contributed by atoms with Crippen LogP contribution in [0.3, 0.4) is 0 Å². The van der Waals surface area contributed by atoms with Gasteiger partial charge in [0.1, 0.15) is 11.5 Å². The molecule has 0 radical (unpaired) electrons. The van der Waals surface area contributed by atoms with E-state index in [9.17, 15) is 9.90 Å². The molecule has 35 heavy (non-hydrogen) atoms. The predicted octanol–water partition coefficient (Wildman–Crippen LogP) is 3.32. The van der Waals surface area contributed by atoms with Crippen molar-refractivity contribution >= 4 is 33.3 Å². The molecule has 6 nitrogen and oxygen atoms in total. The number of aromatic hydroxyl groups is 1. The average molecular weight is 501 g/mol. The van der Waals surface area contributed by atoms with Gasteiger partial charge in [0, 0.05) is 32.3 Å². The van der Waals surface area contributed by atoms with E-state index in [2.05, 4.69) is 18.2 Å². The van der Waals surface area contributed by atoms with E-state index in [0.717, 1.165) is 21.4 Å². The summed E-state index contributed by atoms with van der Waals surface area (Å²) in [7, 11) is 6.02. The molecular formula is C27H25NaO6S. The molecule has 8 heteroatoms. The van der Waals surface area contributed by atoms with E-state index < -0.39 is 0 Å². The van der Waals surface area contributed by atoms with Crippen LogP contribution in [0, 0.1) is 0 Å². The van der Waals surface area contributed by atoms with Gasteiger partial charge in [0.2, 0.25) is 5.75 Å². The monoisotopic (exact) mass is 500 g/mol. The molecule has 176 valence electrons. The van der Waals surface area contributed by atoms with Crippen LogP contribution in [0.25, 0.3) is 26.6 Å². The van der Waals surface area contributed by atoms with Gasteiger partial charge >= 0.3 is 29.6 Å². The number of carbonyl (C=O) groups excluding carboxylic acids is 1. The quantitative estimate of drug-likeness (QED) is 0.227. The van der Waals surface area contributed by atoms with E-state index in [0.29, 0.717) is 17.1 Å². The molecule has 0 saturated carbocycles. The number of thiophene rings is 1. The van der Waals surface area contributed by atoms with Gasteiger partial charge in [-0.1, -0.05) is 18.2 Å². The molecule has 0 aliphatic heterocycles. The summed E-state index contributed by atoms with van der Waals surface area (Å²) in [5.41, 5.74) is 1.95. The Kier molecular flexibility index (Phi) is 8.86. The van der Waals surface area contributed by atoms with Crippen molar-refractivity contribution < 1.29 is 59.8 Å². The van der Waals surface area contributed by atoms with Crippen molar-refractivity contribution in [2.75, 3.05) is 28.4 Å². The fraction of sp³-hybridized carbons (Fsp3) is 0.148. The van der Waals surface area contributed by atoms with E-state index >= 15 is 0 Å². The van der Waals surface area contributed by atoms with Crippen molar-refractivity contribution in [1.82, 2.24) is 0 Å². The van der Waals surface area contributed by atoms with Crippen molar-refractivity contribution in [3.8, 4) is 39.2 Å². The van der Waals surface area contributed by atoms with Crippen LogP contribution in [-0.4, -0.2) is 39.3 Å². The second kappa shape index (κ2) is 11.6. The number of allylic oxidation sites excluding steroid dienone is 1. The second-order valence-corrected chi connectivity index (χ2v) is 8.45. The Hall–Kier alpha value is -2.97. The molecule has 0 bridgehead atoms. The van der Waals surface area contributed by atoms with Crippen molar-refractivity contribution in [2.24, 2.45) is 0 Å². The van der Waals surface area contributed by atoms with E-state index in [4.69, 9.17) is 18.9 Å². The topological polar surface area (TPSA) is 74.2 Å². The summed E-state index contributed by atoms with van der Waals surface area (Å²) in [4.78, 5) is 14.0. The van der Waals surface area contributed by atoms with E-state index in [1.807, 2.05) is 24.3 Å². The van der Waals surface area contributed by atoms with Gasteiger partial charge in [0.15, 0.2) is 17.3 Å². The van der Waals surface area contributed by atoms with Crippen LogP contribution in [-0.2, 0) is 0 Å². The average Bonchev–Trinajstić information content (AvgIpc) is 3.31. The summed E-state index contributed by atoms with van der Waals surface area (Å²) in [5.74, 6) is 1.13. The minimum absolute atomic E-state index is 0. The first-order valence-corrected chi connectivity index (χ1v) is 11.2. The van der Waals surface area contributed by atoms with Gasteiger partial charge in [-0.15, -0.1) is 11.3 Å². The Morgan fingerprint density at radius 1 is 0.857 bits per heavy atom. The summed E-state index contributed by atoms with van der Waals surface area (Å²) in [6, 6.07) is 17.0. The number of rotatable bonds is 8. The number of phenolic OH excluding ortho intramolecular Hbond substituents is 1. The zero-order valence-electron chi connectivity index (χ0n) is 21.2. The van der Waals surface area contributed by atoms with Crippen molar-refractivity contribution in [2.45, 2.75) is 0 Å². The number of benzene rings is 3. The van der Waals surface area contributed by atoms with Crippen LogP contribution in [0.2, 0.25) is 0 Å². The van der Waals surface area contributed by atoms with Crippen molar-refractivity contribution in [3.05, 3.63) is 71.8 Å². The molecule has 3 aromatic carbocycles. The zero-order valence-corrected chi connectivity index (χ0v) is 23.1. The van der Waals surface area contributed by atoms with Crippen LogP contribution >= 0.6 is 11.3 Å². The number of hydrogen-bond acceptors (Lipinski definition) is 7. The standard InChI is InChI=1S/C27H24O6S.Na.H/c1-30-21-15-22(31-2)19(26-14-17-7-5-6-8-25(17)34-26)11-16(21)9-10-20(28)18-12-23(32-3)27(29)24(13-18)33-4;;/h5-15,29H,1-4H3;;/q;+1;-1. The Labute approximate surface area is 231 Å². The summed E-state index contributed by atoms with van der Waals surface area (Å²) in [5, 5.41) is 11.3. The first-order chi connectivity index (χ1) is 16.5. The number of phenols is 1. The molecule has 0 amide bonds. The number of ether oxygens (including phenoxy) is 4. The van der Waals surface area contributed by atoms with Gasteiger partial charge < -0.3 is 25.5 Å². The Balaban J connectivity index is 0.00000228. The smallest absolute Gasteiger partial charge is 1.00 e. The minimum atomic E-state index is -0.280. The van der Waals surface area contributed by atoms with E-state index in [-0.39, 0.29) is 54.0 Å². The normalized spacial score (nSPS) is 10.7. The number of ketones is 1. The Bertz CT molecular complexity index is 1340. The first kappa shape index (κ1) is 26.6. The zero-order chi connectivity index (χ0) is 24.2. The summed E-state index contributed by atoms with van der Waals surface area (Å²) in [6.45, 7) is 0. The molecule has 1 aromatic heterocycles. The Morgan fingerprint density at radius 3 is 2.09 bits per heavy atom. The fourth-order valence-electron chi connectivity index (χ4n) is 3.66. The molecule has 0 aliphatic carbocycles.